The topological polar surface area (TPSA) is 95.1 Å². The zero-order valence-electron chi connectivity index (χ0n) is 12.0. The van der Waals surface area contributed by atoms with Crippen molar-refractivity contribution in [3.8, 4) is 0 Å². The number of aliphatic hydroxyl groups is 1. The number of hydrogen-bond donors (Lipinski definition) is 3. The first-order chi connectivity index (χ1) is 10.7. The second-order valence-electron chi connectivity index (χ2n) is 5.12. The van der Waals surface area contributed by atoms with Crippen molar-refractivity contribution in [3.63, 3.8) is 0 Å². The second-order valence-corrected chi connectivity index (χ2v) is 7.17. The minimum Gasteiger partial charge on any atom is -0.395 e. The number of carbonyl (C=O) groups excluding carboxylic acids is 1. The van der Waals surface area contributed by atoms with Crippen molar-refractivity contribution in [2.24, 2.45) is 0 Å². The van der Waals surface area contributed by atoms with Crippen LogP contribution in [0.4, 0.5) is 0 Å². The highest BCUT2D eigenvalue weighted by atomic mass is 32.2. The monoisotopic (exact) mass is 339 g/mol. The minimum atomic E-state index is -0.162. The molecule has 0 bridgehead atoms. The Bertz CT molecular complexity index is 754. The molecule has 3 N–H and O–H groups in total. The van der Waals surface area contributed by atoms with Gasteiger partial charge in [-0.15, -0.1) is 11.3 Å². The minimum absolute atomic E-state index is 0.0625. The molecule has 0 aromatic carbocycles. The van der Waals surface area contributed by atoms with Gasteiger partial charge in [0, 0.05) is 17.0 Å². The fourth-order valence-corrected chi connectivity index (χ4v) is 4.45. The van der Waals surface area contributed by atoms with E-state index in [4.69, 9.17) is 5.11 Å². The van der Waals surface area contributed by atoms with E-state index in [1.807, 2.05) is 0 Å². The van der Waals surface area contributed by atoms with Crippen LogP contribution in [0.2, 0.25) is 0 Å². The van der Waals surface area contributed by atoms with Gasteiger partial charge in [-0.3, -0.25) is 9.59 Å². The molecule has 1 amide bonds. The maximum atomic E-state index is 12.5. The van der Waals surface area contributed by atoms with Crippen molar-refractivity contribution in [1.29, 1.82) is 0 Å². The van der Waals surface area contributed by atoms with Gasteiger partial charge in [-0.05, 0) is 25.7 Å². The Kier molecular flexibility index (Phi) is 4.80. The Morgan fingerprint density at radius 3 is 3.05 bits per heavy atom. The van der Waals surface area contributed by atoms with Crippen LogP contribution in [-0.2, 0) is 17.6 Å². The lowest BCUT2D eigenvalue weighted by Gasteiger charge is -2.12. The Labute approximate surface area is 135 Å². The van der Waals surface area contributed by atoms with Gasteiger partial charge in [0.25, 0.3) is 0 Å². The standard InChI is InChI=1S/C14H17N3O3S2/c18-6-5-15-10(19)7-21-14-16-11-12(20)8-3-1-2-4-9(8)22-13(11)17-14/h18H,1-7H2,(H,15,19)(H,16,17). The van der Waals surface area contributed by atoms with Crippen LogP contribution in [0.1, 0.15) is 23.3 Å². The van der Waals surface area contributed by atoms with Crippen molar-refractivity contribution >= 4 is 39.4 Å². The lowest BCUT2D eigenvalue weighted by atomic mass is 9.98. The van der Waals surface area contributed by atoms with Crippen LogP contribution >= 0.6 is 23.1 Å². The number of aromatic nitrogens is 2. The van der Waals surface area contributed by atoms with Crippen LogP contribution in [-0.4, -0.2) is 39.9 Å². The molecule has 8 heteroatoms. The maximum absolute atomic E-state index is 12.5. The molecule has 0 saturated heterocycles. The highest BCUT2D eigenvalue weighted by Crippen LogP contribution is 2.28. The summed E-state index contributed by atoms with van der Waals surface area (Å²) in [5, 5.41) is 11.8. The molecule has 0 spiro atoms. The summed E-state index contributed by atoms with van der Waals surface area (Å²) in [6.45, 7) is 0.173. The average molecular weight is 339 g/mol. The number of nitrogens with one attached hydrogen (secondary N) is 2. The number of amides is 1. The van der Waals surface area contributed by atoms with Crippen LogP contribution in [0.25, 0.3) is 10.3 Å². The number of carbonyl (C=O) groups is 1. The first-order valence-corrected chi connectivity index (χ1v) is 9.04. The summed E-state index contributed by atoms with van der Waals surface area (Å²) in [7, 11) is 0. The molecule has 0 atom stereocenters. The fourth-order valence-electron chi connectivity index (χ4n) is 2.51. The number of H-pyrrole nitrogens is 1. The molecular weight excluding hydrogens is 322 g/mol. The van der Waals surface area contributed by atoms with Gasteiger partial charge in [-0.1, -0.05) is 11.8 Å². The zero-order valence-corrected chi connectivity index (χ0v) is 13.6. The van der Waals surface area contributed by atoms with Gasteiger partial charge in [0.15, 0.2) is 5.16 Å². The molecule has 22 heavy (non-hydrogen) atoms. The molecule has 3 rings (SSSR count). The molecule has 1 aliphatic rings. The van der Waals surface area contributed by atoms with Gasteiger partial charge < -0.3 is 15.4 Å². The predicted octanol–water partition coefficient (Wildman–Crippen LogP) is 1.06. The number of aliphatic hydroxyl groups excluding tert-OH is 1. The Morgan fingerprint density at radius 2 is 2.23 bits per heavy atom. The molecule has 0 unspecified atom stereocenters. The molecule has 6 nitrogen and oxygen atoms in total. The number of nitrogens with zero attached hydrogens (tertiary/aromatic N) is 1. The normalized spacial score (nSPS) is 14.0. The van der Waals surface area contributed by atoms with E-state index in [0.29, 0.717) is 10.7 Å². The number of hydrogen-bond acceptors (Lipinski definition) is 6. The van der Waals surface area contributed by atoms with E-state index < -0.39 is 0 Å². The number of aromatic amines is 1. The van der Waals surface area contributed by atoms with Crippen molar-refractivity contribution in [1.82, 2.24) is 15.3 Å². The highest BCUT2D eigenvalue weighted by Gasteiger charge is 2.18. The molecular formula is C14H17N3O3S2. The summed E-state index contributed by atoms with van der Waals surface area (Å²) >= 11 is 2.85. The fraction of sp³-hybridized carbons (Fsp3) is 0.500. The lowest BCUT2D eigenvalue weighted by Crippen LogP contribution is -2.27. The van der Waals surface area contributed by atoms with Crippen LogP contribution < -0.4 is 10.7 Å². The summed E-state index contributed by atoms with van der Waals surface area (Å²) in [5.74, 6) is 0.0445. The smallest absolute Gasteiger partial charge is 0.230 e. The van der Waals surface area contributed by atoms with Crippen molar-refractivity contribution < 1.29 is 9.90 Å². The highest BCUT2D eigenvalue weighted by molar-refractivity contribution is 7.99. The summed E-state index contributed by atoms with van der Waals surface area (Å²) in [6, 6.07) is 0. The number of thioether (sulfide) groups is 1. The van der Waals surface area contributed by atoms with Gasteiger partial charge in [-0.2, -0.15) is 0 Å². The summed E-state index contributed by atoms with van der Waals surface area (Å²) < 4.78 is 0. The number of aryl methyl sites for hydroxylation is 1. The Morgan fingerprint density at radius 1 is 1.41 bits per heavy atom. The molecule has 0 aliphatic heterocycles. The Balaban J connectivity index is 1.80. The number of rotatable bonds is 5. The van der Waals surface area contributed by atoms with Gasteiger partial charge >= 0.3 is 0 Å². The average Bonchev–Trinajstić information content (AvgIpc) is 2.94. The molecule has 2 aromatic heterocycles. The van der Waals surface area contributed by atoms with Gasteiger partial charge in [0.2, 0.25) is 11.3 Å². The molecule has 0 radical (unpaired) electrons. The van der Waals surface area contributed by atoms with Gasteiger partial charge in [0.05, 0.1) is 12.4 Å². The van der Waals surface area contributed by atoms with Crippen molar-refractivity contribution in [2.45, 2.75) is 30.8 Å². The largest absolute Gasteiger partial charge is 0.395 e. The van der Waals surface area contributed by atoms with E-state index in [1.165, 1.54) is 11.8 Å². The summed E-state index contributed by atoms with van der Waals surface area (Å²) in [5.41, 5.74) is 1.56. The quantitative estimate of drug-likeness (QED) is 0.708. The third-order valence-corrected chi connectivity index (χ3v) is 5.62. The first-order valence-electron chi connectivity index (χ1n) is 7.24. The number of fused-ring (bicyclic) bond motifs is 2. The van der Waals surface area contributed by atoms with E-state index in [-0.39, 0.29) is 30.2 Å². The van der Waals surface area contributed by atoms with Crippen LogP contribution in [0.5, 0.6) is 0 Å². The van der Waals surface area contributed by atoms with E-state index in [0.717, 1.165) is 41.0 Å². The molecule has 0 fully saturated rings. The second kappa shape index (κ2) is 6.80. The predicted molar refractivity (Wildman–Crippen MR) is 87.7 cm³/mol. The lowest BCUT2D eigenvalue weighted by molar-refractivity contribution is -0.118. The molecule has 118 valence electrons. The summed E-state index contributed by atoms with van der Waals surface area (Å²) in [4.78, 5) is 33.4. The first kappa shape index (κ1) is 15.5. The summed E-state index contributed by atoms with van der Waals surface area (Å²) in [6.07, 6.45) is 4.02. The van der Waals surface area contributed by atoms with Crippen LogP contribution in [0.15, 0.2) is 9.95 Å². The zero-order chi connectivity index (χ0) is 15.5. The van der Waals surface area contributed by atoms with Gasteiger partial charge in [0.1, 0.15) is 10.3 Å². The van der Waals surface area contributed by atoms with Crippen LogP contribution in [0.3, 0.4) is 0 Å². The van der Waals surface area contributed by atoms with E-state index in [2.05, 4.69) is 15.3 Å². The van der Waals surface area contributed by atoms with Crippen molar-refractivity contribution in [3.05, 3.63) is 20.7 Å². The third kappa shape index (κ3) is 3.18. The van der Waals surface area contributed by atoms with Crippen molar-refractivity contribution in [2.75, 3.05) is 18.9 Å². The maximum Gasteiger partial charge on any atom is 0.230 e. The SMILES string of the molecule is O=C(CSc1nc2sc3c(c(=O)c2[nH]1)CCCC3)NCCO. The molecule has 2 heterocycles. The Hall–Kier alpha value is -1.38. The molecule has 1 aliphatic carbocycles. The van der Waals surface area contributed by atoms with E-state index in [1.54, 1.807) is 11.3 Å². The van der Waals surface area contributed by atoms with E-state index in [9.17, 15) is 9.59 Å². The third-order valence-electron chi connectivity index (χ3n) is 3.56. The molecule has 2 aromatic rings. The van der Waals surface area contributed by atoms with Crippen LogP contribution in [0, 0.1) is 0 Å². The van der Waals surface area contributed by atoms with Gasteiger partial charge in [-0.25, -0.2) is 4.98 Å². The van der Waals surface area contributed by atoms with E-state index >= 15 is 0 Å². The molecule has 0 saturated carbocycles. The number of imidazole rings is 1.